The van der Waals surface area contributed by atoms with Gasteiger partial charge in [-0.05, 0) is 43.9 Å². The highest BCUT2D eigenvalue weighted by molar-refractivity contribution is 5.26. The van der Waals surface area contributed by atoms with Gasteiger partial charge in [0.05, 0.1) is 11.7 Å². The fourth-order valence-corrected chi connectivity index (χ4v) is 2.81. The van der Waals surface area contributed by atoms with Crippen LogP contribution in [0.25, 0.3) is 0 Å². The van der Waals surface area contributed by atoms with Crippen molar-refractivity contribution in [3.8, 4) is 0 Å². The van der Waals surface area contributed by atoms with Crippen LogP contribution in [-0.4, -0.2) is 25.3 Å². The van der Waals surface area contributed by atoms with Crippen LogP contribution in [0.5, 0.6) is 0 Å². The van der Waals surface area contributed by atoms with Crippen molar-refractivity contribution in [3.63, 3.8) is 0 Å². The summed E-state index contributed by atoms with van der Waals surface area (Å²) >= 11 is 0. The summed E-state index contributed by atoms with van der Waals surface area (Å²) in [6, 6.07) is 5.65. The number of hydrogen-bond donors (Lipinski definition) is 1. The number of ether oxygens (including phenoxy) is 1. The molecular weight excluding hydrogens is 279 g/mol. The zero-order chi connectivity index (χ0) is 15.3. The van der Waals surface area contributed by atoms with Gasteiger partial charge in [-0.1, -0.05) is 25.1 Å². The monoisotopic (exact) mass is 301 g/mol. The van der Waals surface area contributed by atoms with E-state index in [2.05, 4.69) is 5.32 Å². The largest absolute Gasteiger partial charge is 0.416 e. The van der Waals surface area contributed by atoms with E-state index in [9.17, 15) is 13.2 Å². The average Bonchev–Trinajstić information content (AvgIpc) is 2.47. The molecule has 21 heavy (non-hydrogen) atoms. The minimum atomic E-state index is -4.29. The topological polar surface area (TPSA) is 21.3 Å². The minimum absolute atomic E-state index is 0.0683. The van der Waals surface area contributed by atoms with Crippen molar-refractivity contribution in [1.82, 2.24) is 5.32 Å². The lowest BCUT2D eigenvalue weighted by molar-refractivity contribution is -0.137. The Kier molecular flexibility index (Phi) is 5.65. The molecule has 2 atom stereocenters. The van der Waals surface area contributed by atoms with Crippen LogP contribution in [0.4, 0.5) is 13.2 Å². The van der Waals surface area contributed by atoms with Crippen LogP contribution < -0.4 is 5.32 Å². The molecule has 5 heteroatoms. The molecule has 0 radical (unpaired) electrons. The lowest BCUT2D eigenvalue weighted by atomic mass is 9.95. The standard InChI is InChI=1S/C16H22F3NO/c1-2-20-14(15-8-3-4-9-21-15)11-12-6-5-7-13(10-12)16(17,18)19/h5-7,10,14-15,20H,2-4,8-9,11H2,1H3. The van der Waals surface area contributed by atoms with E-state index < -0.39 is 11.7 Å². The van der Waals surface area contributed by atoms with Crippen LogP contribution in [0.15, 0.2) is 24.3 Å². The van der Waals surface area contributed by atoms with Crippen LogP contribution in [0.3, 0.4) is 0 Å². The Labute approximate surface area is 123 Å². The Morgan fingerprint density at radius 3 is 2.76 bits per heavy atom. The summed E-state index contributed by atoms with van der Waals surface area (Å²) in [7, 11) is 0. The van der Waals surface area contributed by atoms with Gasteiger partial charge >= 0.3 is 6.18 Å². The first kappa shape index (κ1) is 16.3. The molecule has 1 aromatic rings. The summed E-state index contributed by atoms with van der Waals surface area (Å²) in [6.07, 6.45) is -0.480. The molecule has 1 aromatic carbocycles. The number of nitrogens with one attached hydrogen (secondary N) is 1. The fraction of sp³-hybridized carbons (Fsp3) is 0.625. The van der Waals surface area contributed by atoms with Gasteiger partial charge in [-0.2, -0.15) is 13.2 Å². The first-order valence-electron chi connectivity index (χ1n) is 7.52. The van der Waals surface area contributed by atoms with Crippen LogP contribution in [0.1, 0.15) is 37.3 Å². The molecule has 0 aliphatic carbocycles. The molecule has 1 saturated heterocycles. The zero-order valence-electron chi connectivity index (χ0n) is 12.2. The molecule has 2 rings (SSSR count). The summed E-state index contributed by atoms with van der Waals surface area (Å²) < 4.78 is 44.1. The van der Waals surface area contributed by atoms with Gasteiger partial charge in [0.2, 0.25) is 0 Å². The molecule has 0 amide bonds. The van der Waals surface area contributed by atoms with Gasteiger partial charge in [0, 0.05) is 12.6 Å². The van der Waals surface area contributed by atoms with Crippen LogP contribution >= 0.6 is 0 Å². The van der Waals surface area contributed by atoms with E-state index in [1.807, 2.05) is 6.92 Å². The third kappa shape index (κ3) is 4.71. The molecule has 1 heterocycles. The predicted octanol–water partition coefficient (Wildman–Crippen LogP) is 3.80. The summed E-state index contributed by atoms with van der Waals surface area (Å²) in [4.78, 5) is 0. The number of hydrogen-bond acceptors (Lipinski definition) is 2. The van der Waals surface area contributed by atoms with Gasteiger partial charge in [0.25, 0.3) is 0 Å². The number of alkyl halides is 3. The molecule has 1 N–H and O–H groups in total. The van der Waals surface area contributed by atoms with Crippen LogP contribution in [-0.2, 0) is 17.3 Å². The SMILES string of the molecule is CCNC(Cc1cccc(C(F)(F)F)c1)C1CCCCO1. The average molecular weight is 301 g/mol. The van der Waals surface area contributed by atoms with E-state index in [-0.39, 0.29) is 12.1 Å². The van der Waals surface area contributed by atoms with Crippen molar-refractivity contribution >= 4 is 0 Å². The molecule has 0 spiro atoms. The summed E-state index contributed by atoms with van der Waals surface area (Å²) in [5.74, 6) is 0. The van der Waals surface area contributed by atoms with Crippen LogP contribution in [0.2, 0.25) is 0 Å². The van der Waals surface area contributed by atoms with Gasteiger partial charge < -0.3 is 10.1 Å². The molecule has 2 unspecified atom stereocenters. The summed E-state index contributed by atoms with van der Waals surface area (Å²) in [6.45, 7) is 3.53. The first-order chi connectivity index (χ1) is 10.0. The summed E-state index contributed by atoms with van der Waals surface area (Å²) in [5, 5.41) is 3.35. The number of benzene rings is 1. The molecule has 0 saturated carbocycles. The predicted molar refractivity (Wildman–Crippen MR) is 76.2 cm³/mol. The molecule has 1 aliphatic rings. The lowest BCUT2D eigenvalue weighted by Gasteiger charge is -2.31. The Hall–Kier alpha value is -1.07. The van der Waals surface area contributed by atoms with E-state index in [0.29, 0.717) is 12.0 Å². The van der Waals surface area contributed by atoms with E-state index >= 15 is 0 Å². The van der Waals surface area contributed by atoms with Gasteiger partial charge in [-0.15, -0.1) is 0 Å². The van der Waals surface area contributed by atoms with Gasteiger partial charge in [-0.3, -0.25) is 0 Å². The Bertz CT molecular complexity index is 441. The second-order valence-corrected chi connectivity index (χ2v) is 5.47. The zero-order valence-corrected chi connectivity index (χ0v) is 12.2. The van der Waals surface area contributed by atoms with E-state index in [1.165, 1.54) is 12.1 Å². The molecular formula is C16H22F3NO. The smallest absolute Gasteiger partial charge is 0.377 e. The molecule has 0 aromatic heterocycles. The highest BCUT2D eigenvalue weighted by atomic mass is 19.4. The van der Waals surface area contributed by atoms with Crippen molar-refractivity contribution in [2.45, 2.75) is 50.9 Å². The van der Waals surface area contributed by atoms with Gasteiger partial charge in [-0.25, -0.2) is 0 Å². The quantitative estimate of drug-likeness (QED) is 0.893. The maximum Gasteiger partial charge on any atom is 0.416 e. The van der Waals surface area contributed by atoms with Gasteiger partial charge in [0.15, 0.2) is 0 Å². The first-order valence-corrected chi connectivity index (χ1v) is 7.52. The third-order valence-electron chi connectivity index (χ3n) is 3.84. The Morgan fingerprint density at radius 2 is 2.14 bits per heavy atom. The Morgan fingerprint density at radius 1 is 1.33 bits per heavy atom. The second kappa shape index (κ2) is 7.27. The molecule has 1 aliphatic heterocycles. The summed E-state index contributed by atoms with van der Waals surface area (Å²) in [5.41, 5.74) is 0.116. The number of rotatable bonds is 5. The highest BCUT2D eigenvalue weighted by Gasteiger charge is 2.31. The molecule has 118 valence electrons. The maximum atomic E-state index is 12.8. The molecule has 1 fully saturated rings. The van der Waals surface area contributed by atoms with Crippen molar-refractivity contribution in [1.29, 1.82) is 0 Å². The normalized spacial score (nSPS) is 21.2. The van der Waals surface area contributed by atoms with Crippen molar-refractivity contribution in [3.05, 3.63) is 35.4 Å². The molecule has 2 nitrogen and oxygen atoms in total. The second-order valence-electron chi connectivity index (χ2n) is 5.47. The van der Waals surface area contributed by atoms with Crippen molar-refractivity contribution in [2.75, 3.05) is 13.2 Å². The van der Waals surface area contributed by atoms with Gasteiger partial charge in [0.1, 0.15) is 0 Å². The fourth-order valence-electron chi connectivity index (χ4n) is 2.81. The molecule has 0 bridgehead atoms. The van der Waals surface area contributed by atoms with E-state index in [1.54, 1.807) is 6.07 Å². The van der Waals surface area contributed by atoms with Crippen LogP contribution in [0, 0.1) is 0 Å². The lowest BCUT2D eigenvalue weighted by Crippen LogP contribution is -2.44. The minimum Gasteiger partial charge on any atom is -0.377 e. The highest BCUT2D eigenvalue weighted by Crippen LogP contribution is 2.30. The third-order valence-corrected chi connectivity index (χ3v) is 3.84. The van der Waals surface area contributed by atoms with Crippen molar-refractivity contribution in [2.24, 2.45) is 0 Å². The van der Waals surface area contributed by atoms with E-state index in [4.69, 9.17) is 4.74 Å². The van der Waals surface area contributed by atoms with Crippen molar-refractivity contribution < 1.29 is 17.9 Å². The Balaban J connectivity index is 2.09. The number of likely N-dealkylation sites (N-methyl/N-ethyl adjacent to an activating group) is 1. The maximum absolute atomic E-state index is 12.8. The number of halogens is 3. The van der Waals surface area contributed by atoms with E-state index in [0.717, 1.165) is 38.5 Å².